The molecule has 2 amide bonds. The molecule has 7 nitrogen and oxygen atoms in total. The highest BCUT2D eigenvalue weighted by molar-refractivity contribution is 5.75. The number of methoxy groups -OCH3 is 1. The molecule has 2 heterocycles. The zero-order valence-corrected chi connectivity index (χ0v) is 14.8. The van der Waals surface area contributed by atoms with Crippen LogP contribution < -0.4 is 14.8 Å². The number of rotatable bonds is 6. The van der Waals surface area contributed by atoms with Crippen LogP contribution in [0.3, 0.4) is 0 Å². The van der Waals surface area contributed by atoms with Gasteiger partial charge in [0.2, 0.25) is 0 Å². The number of carbonyl (C=O) groups excluding carboxylic acids is 1. The van der Waals surface area contributed by atoms with Crippen LogP contribution in [-0.4, -0.2) is 46.8 Å². The average molecular weight is 344 g/mol. The number of urea groups is 1. The van der Waals surface area contributed by atoms with Crippen molar-refractivity contribution in [3.8, 4) is 11.5 Å². The third kappa shape index (κ3) is 3.87. The van der Waals surface area contributed by atoms with Crippen molar-refractivity contribution in [2.75, 3.05) is 20.2 Å². The Morgan fingerprint density at radius 1 is 1.32 bits per heavy atom. The fourth-order valence-electron chi connectivity index (χ4n) is 2.79. The molecule has 0 aliphatic carbocycles. The molecule has 1 N–H and O–H groups in total. The second-order valence-electron chi connectivity index (χ2n) is 6.30. The molecule has 1 saturated heterocycles. The Morgan fingerprint density at radius 2 is 2.04 bits per heavy atom. The van der Waals surface area contributed by atoms with E-state index in [-0.39, 0.29) is 12.1 Å². The summed E-state index contributed by atoms with van der Waals surface area (Å²) in [4.78, 5) is 18.2. The number of nitrogens with zero attached hydrogens (tertiary/aromatic N) is 3. The largest absolute Gasteiger partial charge is 0.493 e. The normalized spacial score (nSPS) is 14.3. The van der Waals surface area contributed by atoms with Crippen molar-refractivity contribution in [2.24, 2.45) is 0 Å². The van der Waals surface area contributed by atoms with Crippen molar-refractivity contribution in [1.29, 1.82) is 0 Å². The Balaban J connectivity index is 1.46. The molecular weight excluding hydrogens is 320 g/mol. The summed E-state index contributed by atoms with van der Waals surface area (Å²) in [6.45, 7) is 5.70. The van der Waals surface area contributed by atoms with E-state index in [4.69, 9.17) is 9.47 Å². The minimum atomic E-state index is -0.0989. The third-order valence-corrected chi connectivity index (χ3v) is 4.20. The summed E-state index contributed by atoms with van der Waals surface area (Å²) in [6.07, 6.45) is 3.66. The lowest BCUT2D eigenvalue weighted by Crippen LogP contribution is -2.58. The van der Waals surface area contributed by atoms with Crippen molar-refractivity contribution in [3.63, 3.8) is 0 Å². The van der Waals surface area contributed by atoms with Crippen LogP contribution in [-0.2, 0) is 6.54 Å². The molecule has 3 rings (SSSR count). The Labute approximate surface area is 147 Å². The number of likely N-dealkylation sites (tertiary alicyclic amines) is 1. The number of hydrogen-bond donors (Lipinski definition) is 1. The maximum atomic E-state index is 12.2. The molecule has 0 spiro atoms. The van der Waals surface area contributed by atoms with Crippen molar-refractivity contribution >= 4 is 6.03 Å². The maximum Gasteiger partial charge on any atom is 0.318 e. The first-order valence-corrected chi connectivity index (χ1v) is 8.42. The van der Waals surface area contributed by atoms with E-state index in [2.05, 4.69) is 24.1 Å². The van der Waals surface area contributed by atoms with Gasteiger partial charge in [-0.25, -0.2) is 9.78 Å². The number of imidazole rings is 1. The van der Waals surface area contributed by atoms with Gasteiger partial charge in [-0.3, -0.25) is 0 Å². The minimum absolute atomic E-state index is 0.0142. The molecular formula is C18H24N4O3. The Bertz CT molecular complexity index is 723. The van der Waals surface area contributed by atoms with Gasteiger partial charge in [-0.2, -0.15) is 0 Å². The first-order valence-electron chi connectivity index (χ1n) is 8.42. The number of ether oxygens (including phenoxy) is 2. The summed E-state index contributed by atoms with van der Waals surface area (Å²) in [7, 11) is 1.61. The molecule has 7 heteroatoms. The van der Waals surface area contributed by atoms with E-state index in [1.807, 2.05) is 35.0 Å². The molecule has 1 fully saturated rings. The van der Waals surface area contributed by atoms with Crippen LogP contribution in [0.4, 0.5) is 4.79 Å². The smallest absolute Gasteiger partial charge is 0.318 e. The molecule has 2 aromatic rings. The number of aromatic nitrogens is 2. The molecule has 134 valence electrons. The lowest BCUT2D eigenvalue weighted by Gasteiger charge is -2.38. The van der Waals surface area contributed by atoms with Crippen LogP contribution in [0, 0.1) is 0 Å². The molecule has 25 heavy (non-hydrogen) atoms. The molecule has 0 unspecified atom stereocenters. The fraction of sp³-hybridized carbons (Fsp3) is 0.444. The predicted molar refractivity (Wildman–Crippen MR) is 93.8 cm³/mol. The first-order chi connectivity index (χ1) is 12.1. The standard InChI is InChI=1S/C18H24N4O3/c1-13(2)22-9-8-19-17(22)10-20-18(23)21-11-14(12-21)25-16-7-5-4-6-15(16)24-3/h4-9,13-14H,10-12H2,1-3H3,(H,20,23). The van der Waals surface area contributed by atoms with Gasteiger partial charge in [-0.15, -0.1) is 0 Å². The van der Waals surface area contributed by atoms with Gasteiger partial charge in [-0.1, -0.05) is 12.1 Å². The second-order valence-corrected chi connectivity index (χ2v) is 6.30. The molecule has 0 bridgehead atoms. The summed E-state index contributed by atoms with van der Waals surface area (Å²) in [5.41, 5.74) is 0. The Hall–Kier alpha value is -2.70. The van der Waals surface area contributed by atoms with Crippen LogP contribution in [0.5, 0.6) is 11.5 Å². The van der Waals surface area contributed by atoms with Gasteiger partial charge in [0.1, 0.15) is 11.9 Å². The van der Waals surface area contributed by atoms with Gasteiger partial charge in [0.05, 0.1) is 26.7 Å². The van der Waals surface area contributed by atoms with E-state index in [1.165, 1.54) is 0 Å². The second kappa shape index (κ2) is 7.46. The van der Waals surface area contributed by atoms with Crippen LogP contribution >= 0.6 is 0 Å². The summed E-state index contributed by atoms with van der Waals surface area (Å²) < 4.78 is 13.2. The molecule has 0 saturated carbocycles. The molecule has 1 aliphatic heterocycles. The van der Waals surface area contributed by atoms with E-state index < -0.39 is 0 Å². The van der Waals surface area contributed by atoms with Crippen molar-refractivity contribution in [1.82, 2.24) is 19.8 Å². The predicted octanol–water partition coefficient (Wildman–Crippen LogP) is 2.45. The van der Waals surface area contributed by atoms with Crippen molar-refractivity contribution in [2.45, 2.75) is 32.5 Å². The molecule has 0 radical (unpaired) electrons. The summed E-state index contributed by atoms with van der Waals surface area (Å²) in [6, 6.07) is 7.74. The van der Waals surface area contributed by atoms with E-state index >= 15 is 0 Å². The van der Waals surface area contributed by atoms with Crippen LogP contribution in [0.1, 0.15) is 25.7 Å². The van der Waals surface area contributed by atoms with Gasteiger partial charge in [-0.05, 0) is 26.0 Å². The lowest BCUT2D eigenvalue weighted by atomic mass is 10.2. The Morgan fingerprint density at radius 3 is 2.72 bits per heavy atom. The lowest BCUT2D eigenvalue weighted by molar-refractivity contribution is 0.0425. The van der Waals surface area contributed by atoms with Crippen molar-refractivity contribution < 1.29 is 14.3 Å². The molecule has 1 aromatic carbocycles. The average Bonchev–Trinajstić information content (AvgIpc) is 3.04. The summed E-state index contributed by atoms with van der Waals surface area (Å²) in [5, 5.41) is 2.91. The van der Waals surface area contributed by atoms with Gasteiger partial charge < -0.3 is 24.3 Å². The number of carbonyl (C=O) groups is 1. The zero-order valence-electron chi connectivity index (χ0n) is 14.8. The minimum Gasteiger partial charge on any atom is -0.493 e. The monoisotopic (exact) mass is 344 g/mol. The topological polar surface area (TPSA) is 68.6 Å². The van der Waals surface area contributed by atoms with Gasteiger partial charge >= 0.3 is 6.03 Å². The highest BCUT2D eigenvalue weighted by Crippen LogP contribution is 2.28. The highest BCUT2D eigenvalue weighted by atomic mass is 16.5. The quantitative estimate of drug-likeness (QED) is 0.874. The molecule has 1 aromatic heterocycles. The summed E-state index contributed by atoms with van der Waals surface area (Å²) >= 11 is 0. The van der Waals surface area contributed by atoms with Gasteiger partial charge in [0.25, 0.3) is 0 Å². The SMILES string of the molecule is COc1ccccc1OC1CN(C(=O)NCc2nccn2C(C)C)C1. The van der Waals surface area contributed by atoms with Gasteiger partial charge in [0, 0.05) is 18.4 Å². The number of amides is 2. The first kappa shape index (κ1) is 17.1. The maximum absolute atomic E-state index is 12.2. The van der Waals surface area contributed by atoms with Crippen LogP contribution in [0.15, 0.2) is 36.7 Å². The third-order valence-electron chi connectivity index (χ3n) is 4.20. The van der Waals surface area contributed by atoms with Crippen LogP contribution in [0.25, 0.3) is 0 Å². The van der Waals surface area contributed by atoms with Gasteiger partial charge in [0.15, 0.2) is 11.5 Å². The highest BCUT2D eigenvalue weighted by Gasteiger charge is 2.32. The van der Waals surface area contributed by atoms with E-state index in [0.29, 0.717) is 37.2 Å². The van der Waals surface area contributed by atoms with Crippen molar-refractivity contribution in [3.05, 3.63) is 42.5 Å². The van der Waals surface area contributed by atoms with E-state index in [0.717, 1.165) is 5.82 Å². The zero-order chi connectivity index (χ0) is 17.8. The number of benzene rings is 1. The van der Waals surface area contributed by atoms with Crippen LogP contribution in [0.2, 0.25) is 0 Å². The number of para-hydroxylation sites is 2. The Kier molecular flexibility index (Phi) is 5.11. The fourth-order valence-corrected chi connectivity index (χ4v) is 2.79. The molecule has 1 aliphatic rings. The number of hydrogen-bond acceptors (Lipinski definition) is 4. The van der Waals surface area contributed by atoms with E-state index in [1.54, 1.807) is 18.2 Å². The summed E-state index contributed by atoms with van der Waals surface area (Å²) in [5.74, 6) is 2.26. The molecule has 0 atom stereocenters. The number of nitrogens with one attached hydrogen (secondary N) is 1. The van der Waals surface area contributed by atoms with E-state index in [9.17, 15) is 4.79 Å².